The van der Waals surface area contributed by atoms with Gasteiger partial charge < -0.3 is 14.7 Å². The third-order valence-corrected chi connectivity index (χ3v) is 21.5. The Labute approximate surface area is 476 Å². The van der Waals surface area contributed by atoms with Crippen LogP contribution in [0.5, 0.6) is 0 Å². The summed E-state index contributed by atoms with van der Waals surface area (Å²) in [6.45, 7) is 41.3. The molecule has 3 aliphatic heterocycles. The van der Waals surface area contributed by atoms with E-state index in [4.69, 9.17) is 0 Å². The fraction of sp³-hybridized carbons (Fsp3) is 0.389. The molecule has 5 aliphatic rings. The van der Waals surface area contributed by atoms with Crippen molar-refractivity contribution in [1.29, 1.82) is 0 Å². The topological polar surface area (TPSA) is 9.72 Å². The summed E-state index contributed by atoms with van der Waals surface area (Å²) in [4.78, 5) is 10.6. The number of hydrogen-bond acceptors (Lipinski definition) is 5. The average Bonchev–Trinajstić information content (AvgIpc) is 2.17. The van der Waals surface area contributed by atoms with Gasteiger partial charge in [-0.1, -0.05) is 178 Å². The highest BCUT2D eigenvalue weighted by Crippen LogP contribution is 2.58. The number of nitrogens with zero attached hydrogens (tertiary/aromatic N) is 3. The number of rotatable bonds is 3. The van der Waals surface area contributed by atoms with Gasteiger partial charge in [-0.05, 0) is 192 Å². The summed E-state index contributed by atoms with van der Waals surface area (Å²) < 4.78 is 2.78. The first-order valence-electron chi connectivity index (χ1n) is 29.0. The van der Waals surface area contributed by atoms with Crippen molar-refractivity contribution in [1.82, 2.24) is 0 Å². The van der Waals surface area contributed by atoms with Crippen LogP contribution >= 0.6 is 23.1 Å². The maximum atomic E-state index is 2.76. The lowest BCUT2D eigenvalue weighted by Crippen LogP contribution is -2.61. The molecule has 0 saturated carbocycles. The fourth-order valence-corrected chi connectivity index (χ4v) is 16.3. The summed E-state index contributed by atoms with van der Waals surface area (Å²) in [5.74, 6) is 0. The SMILES string of the molecule is CC(C)(C)c1cc(N2c3cc(N4c5ccccc5Sc5ccccc54)cc4c3B(c3cc5c(cc3N4c3ccc4c(c3)C(C)(C)CCC4(C)C)C(C)(C)CCC5(C)C)c3sc4ccc(C(C)(C)C)cc4c32)cc(C(C)(C)C)c1. The monoisotopic (exact) mass is 1060 g/mol. The summed E-state index contributed by atoms with van der Waals surface area (Å²) in [6, 6.07) is 51.4. The van der Waals surface area contributed by atoms with Gasteiger partial charge in [0.2, 0.25) is 0 Å². The molecule has 3 nitrogen and oxygen atoms in total. The maximum Gasteiger partial charge on any atom is 0.264 e. The van der Waals surface area contributed by atoms with Crippen LogP contribution in [0, 0.1) is 0 Å². The van der Waals surface area contributed by atoms with Crippen LogP contribution < -0.4 is 30.4 Å². The molecule has 0 atom stereocenters. The molecule has 0 saturated heterocycles. The lowest BCUT2D eigenvalue weighted by Gasteiger charge is -2.48. The van der Waals surface area contributed by atoms with E-state index in [9.17, 15) is 0 Å². The lowest BCUT2D eigenvalue weighted by molar-refractivity contribution is 0.332. The Balaban J connectivity index is 1.23. The highest BCUT2D eigenvalue weighted by atomic mass is 32.2. The molecule has 1 aromatic heterocycles. The number of para-hydroxylation sites is 2. The van der Waals surface area contributed by atoms with Crippen LogP contribution in [0.4, 0.5) is 51.2 Å². The molecule has 0 spiro atoms. The minimum Gasteiger partial charge on any atom is -0.311 e. The van der Waals surface area contributed by atoms with Gasteiger partial charge >= 0.3 is 0 Å². The zero-order valence-electron chi connectivity index (χ0n) is 49.7. The first kappa shape index (κ1) is 51.7. The quantitative estimate of drug-likeness (QED) is 0.163. The highest BCUT2D eigenvalue weighted by Gasteiger charge is 2.49. The first-order chi connectivity index (χ1) is 36.5. The van der Waals surface area contributed by atoms with Crippen LogP contribution in [-0.2, 0) is 37.9 Å². The standard InChI is InChI=1S/C72H80BN3S2/c1-66(2,3)43-26-29-60-49(37-43)64-65(78-60)73-54-41-52-53(72(16,17)33-32-71(52,14)15)42-57(54)74(46-27-28-50-51(38-46)70(12,13)31-30-69(50,10)11)58-39-48(75-55-22-18-20-24-61(55)77-62-25-21-19-23-56(62)75)40-59(63(58)73)76(64)47-35-44(67(4,5)6)34-45(36-47)68(7,8)9/h18-29,34-42H,30-33H2,1-17H3. The first-order valence-corrected chi connectivity index (χ1v) is 30.7. The van der Waals surface area contributed by atoms with Gasteiger partial charge in [0.15, 0.2) is 0 Å². The molecule has 2 aliphatic carbocycles. The Hall–Kier alpha value is -5.69. The molecule has 0 N–H and O–H groups in total. The fourth-order valence-electron chi connectivity index (χ4n) is 14.0. The third-order valence-electron chi connectivity index (χ3n) is 19.2. The van der Waals surface area contributed by atoms with E-state index in [1.54, 1.807) is 0 Å². The Morgan fingerprint density at radius 3 is 1.46 bits per heavy atom. The van der Waals surface area contributed by atoms with E-state index in [-0.39, 0.29) is 44.6 Å². The van der Waals surface area contributed by atoms with Crippen molar-refractivity contribution in [3.05, 3.63) is 166 Å². The van der Waals surface area contributed by atoms with Gasteiger partial charge in [-0.25, -0.2) is 0 Å². The van der Waals surface area contributed by atoms with Crippen LogP contribution in [0.15, 0.2) is 137 Å². The van der Waals surface area contributed by atoms with Crippen LogP contribution in [0.1, 0.15) is 182 Å². The average molecular weight is 1060 g/mol. The maximum absolute atomic E-state index is 2.76. The van der Waals surface area contributed by atoms with E-state index in [1.165, 1.54) is 132 Å². The van der Waals surface area contributed by atoms with E-state index in [2.05, 4.69) is 260 Å². The van der Waals surface area contributed by atoms with E-state index in [1.807, 2.05) is 23.1 Å². The summed E-state index contributed by atoms with van der Waals surface area (Å²) in [6.07, 6.45) is 4.66. The van der Waals surface area contributed by atoms with Crippen molar-refractivity contribution in [3.8, 4) is 0 Å². The zero-order chi connectivity index (χ0) is 55.2. The number of fused-ring (bicyclic) bond motifs is 10. The Morgan fingerprint density at radius 2 is 0.897 bits per heavy atom. The van der Waals surface area contributed by atoms with Gasteiger partial charge in [-0.2, -0.15) is 0 Å². The predicted molar refractivity (Wildman–Crippen MR) is 341 cm³/mol. The summed E-state index contributed by atoms with van der Waals surface area (Å²) in [7, 11) is 0. The summed E-state index contributed by atoms with van der Waals surface area (Å²) in [5, 5.41) is 1.34. The lowest BCUT2D eigenvalue weighted by atomic mass is 9.35. The molecule has 0 radical (unpaired) electrons. The molecule has 0 unspecified atom stereocenters. The van der Waals surface area contributed by atoms with E-state index in [0.29, 0.717) is 0 Å². The minimum atomic E-state index is -0.0857. The molecule has 13 rings (SSSR count). The molecular formula is C72H80BN3S2. The van der Waals surface area contributed by atoms with Crippen molar-refractivity contribution in [3.63, 3.8) is 0 Å². The molecule has 8 aromatic rings. The number of anilines is 9. The van der Waals surface area contributed by atoms with E-state index < -0.39 is 0 Å². The molecule has 0 amide bonds. The molecule has 398 valence electrons. The second-order valence-corrected chi connectivity index (χ2v) is 31.8. The number of benzene rings is 7. The largest absolute Gasteiger partial charge is 0.311 e. The summed E-state index contributed by atoms with van der Waals surface area (Å²) in [5.41, 5.74) is 24.1. The van der Waals surface area contributed by atoms with Crippen LogP contribution in [0.25, 0.3) is 10.1 Å². The number of thiophene rings is 1. The molecule has 6 heteroatoms. The van der Waals surface area contributed by atoms with Gasteiger partial charge in [0.25, 0.3) is 6.71 Å². The minimum absolute atomic E-state index is 0.0118. The number of hydrogen-bond donors (Lipinski definition) is 0. The Morgan fingerprint density at radius 1 is 0.410 bits per heavy atom. The van der Waals surface area contributed by atoms with E-state index >= 15 is 0 Å². The smallest absolute Gasteiger partial charge is 0.264 e. The zero-order valence-corrected chi connectivity index (χ0v) is 51.3. The van der Waals surface area contributed by atoms with Crippen molar-refractivity contribution < 1.29 is 0 Å². The van der Waals surface area contributed by atoms with Crippen LogP contribution in [0.2, 0.25) is 0 Å². The van der Waals surface area contributed by atoms with Crippen molar-refractivity contribution in [2.75, 3.05) is 14.7 Å². The summed E-state index contributed by atoms with van der Waals surface area (Å²) >= 11 is 3.92. The van der Waals surface area contributed by atoms with E-state index in [0.717, 1.165) is 19.3 Å². The highest BCUT2D eigenvalue weighted by molar-refractivity contribution is 7.99. The second kappa shape index (κ2) is 16.9. The Kier molecular flexibility index (Phi) is 11.2. The van der Waals surface area contributed by atoms with Gasteiger partial charge in [-0.3, -0.25) is 0 Å². The molecule has 7 aromatic carbocycles. The van der Waals surface area contributed by atoms with Gasteiger partial charge in [-0.15, -0.1) is 11.3 Å². The molecule has 78 heavy (non-hydrogen) atoms. The van der Waals surface area contributed by atoms with Crippen molar-refractivity contribution >= 4 is 107 Å². The molecular weight excluding hydrogens is 982 g/mol. The van der Waals surface area contributed by atoms with Gasteiger partial charge in [0.1, 0.15) is 0 Å². The molecule has 0 bridgehead atoms. The van der Waals surface area contributed by atoms with Crippen molar-refractivity contribution in [2.45, 2.75) is 191 Å². The Bertz CT molecular complexity index is 3750. The molecule has 4 heterocycles. The normalized spacial score (nSPS) is 18.4. The van der Waals surface area contributed by atoms with Crippen LogP contribution in [0.3, 0.4) is 0 Å². The van der Waals surface area contributed by atoms with Crippen LogP contribution in [-0.4, -0.2) is 6.71 Å². The third kappa shape index (κ3) is 7.94. The van der Waals surface area contributed by atoms with Gasteiger partial charge in [0.05, 0.1) is 22.7 Å². The predicted octanol–water partition coefficient (Wildman–Crippen LogP) is 19.5. The van der Waals surface area contributed by atoms with Crippen molar-refractivity contribution in [2.24, 2.45) is 0 Å². The van der Waals surface area contributed by atoms with Gasteiger partial charge in [0, 0.05) is 53.1 Å². The molecule has 0 fully saturated rings. The second-order valence-electron chi connectivity index (χ2n) is 29.6.